The van der Waals surface area contributed by atoms with Gasteiger partial charge in [-0.15, -0.1) is 18.2 Å². The maximum atomic E-state index is 10.8. The first-order chi connectivity index (χ1) is 6.81. The van der Waals surface area contributed by atoms with E-state index in [2.05, 4.69) is 16.6 Å². The number of nitrogens with one attached hydrogen (secondary N) is 2. The van der Waals surface area contributed by atoms with Crippen LogP contribution < -0.4 is 10.6 Å². The average Bonchev–Trinajstić information content (AvgIpc) is 2.21. The van der Waals surface area contributed by atoms with Crippen LogP contribution in [0.5, 0.6) is 0 Å². The van der Waals surface area contributed by atoms with E-state index in [1.807, 2.05) is 0 Å². The molecule has 4 heteroatoms. The zero-order valence-corrected chi connectivity index (χ0v) is 9.45. The van der Waals surface area contributed by atoms with Crippen LogP contribution in [0.25, 0.3) is 0 Å². The van der Waals surface area contributed by atoms with Gasteiger partial charge in [0, 0.05) is 25.8 Å². The molecule has 0 saturated heterocycles. The molecule has 2 N–H and O–H groups in total. The molecule has 0 fully saturated rings. The quantitative estimate of drug-likeness (QED) is 0.456. The lowest BCUT2D eigenvalue weighted by atomic mass is 10.3. The van der Waals surface area contributed by atoms with Crippen LogP contribution in [0.3, 0.4) is 0 Å². The second-order valence-corrected chi connectivity index (χ2v) is 3.89. The lowest BCUT2D eigenvalue weighted by molar-refractivity contribution is -0.120. The number of rotatable bonds is 8. The van der Waals surface area contributed by atoms with Gasteiger partial charge < -0.3 is 10.6 Å². The second kappa shape index (κ2) is 10.4. The van der Waals surface area contributed by atoms with Crippen molar-refractivity contribution >= 4 is 17.7 Å². The first-order valence-corrected chi connectivity index (χ1v) is 5.89. The summed E-state index contributed by atoms with van der Waals surface area (Å²) in [4.78, 5) is 10.8. The number of amides is 1. The standard InChI is InChI=1S/C10H18N2OS/c1-3-8-14-9-7-12-6-4-5-10(13)11-2/h1,12H,4-9H2,2H3,(H,11,13). The molecule has 0 aliphatic heterocycles. The van der Waals surface area contributed by atoms with Crippen molar-refractivity contribution in [1.29, 1.82) is 0 Å². The van der Waals surface area contributed by atoms with Gasteiger partial charge in [-0.25, -0.2) is 0 Å². The number of carbonyl (C=O) groups excluding carboxylic acids is 1. The van der Waals surface area contributed by atoms with Gasteiger partial charge in [-0.3, -0.25) is 4.79 Å². The molecule has 0 atom stereocenters. The van der Waals surface area contributed by atoms with Gasteiger partial charge in [-0.05, 0) is 13.0 Å². The van der Waals surface area contributed by atoms with E-state index >= 15 is 0 Å². The van der Waals surface area contributed by atoms with Gasteiger partial charge >= 0.3 is 0 Å². The van der Waals surface area contributed by atoms with Crippen LogP contribution in [0.4, 0.5) is 0 Å². The predicted molar refractivity (Wildman–Crippen MR) is 62.3 cm³/mol. The Kier molecular flexibility index (Phi) is 9.93. The average molecular weight is 214 g/mol. The third-order valence-electron chi connectivity index (χ3n) is 1.64. The first-order valence-electron chi connectivity index (χ1n) is 4.73. The van der Waals surface area contributed by atoms with Crippen LogP contribution >= 0.6 is 11.8 Å². The molecule has 0 aromatic carbocycles. The fourth-order valence-corrected chi connectivity index (χ4v) is 1.45. The summed E-state index contributed by atoms with van der Waals surface area (Å²) in [5, 5.41) is 5.85. The fraction of sp³-hybridized carbons (Fsp3) is 0.700. The second-order valence-electron chi connectivity index (χ2n) is 2.78. The van der Waals surface area contributed by atoms with Crippen molar-refractivity contribution in [3.8, 4) is 12.3 Å². The van der Waals surface area contributed by atoms with Gasteiger partial charge in [0.05, 0.1) is 5.75 Å². The minimum absolute atomic E-state index is 0.105. The van der Waals surface area contributed by atoms with E-state index in [9.17, 15) is 4.79 Å². The zero-order chi connectivity index (χ0) is 10.6. The molecule has 80 valence electrons. The molecule has 0 saturated carbocycles. The highest BCUT2D eigenvalue weighted by Crippen LogP contribution is 1.95. The van der Waals surface area contributed by atoms with Gasteiger partial charge in [0.2, 0.25) is 5.91 Å². The third kappa shape index (κ3) is 9.43. The summed E-state index contributed by atoms with van der Waals surface area (Å²) < 4.78 is 0. The van der Waals surface area contributed by atoms with E-state index in [0.29, 0.717) is 6.42 Å². The number of carbonyl (C=O) groups is 1. The highest BCUT2D eigenvalue weighted by molar-refractivity contribution is 7.99. The minimum Gasteiger partial charge on any atom is -0.359 e. The van der Waals surface area contributed by atoms with Crippen LogP contribution in [0, 0.1) is 12.3 Å². The lowest BCUT2D eigenvalue weighted by Gasteiger charge is -2.03. The normalized spacial score (nSPS) is 9.43. The van der Waals surface area contributed by atoms with Crippen molar-refractivity contribution in [1.82, 2.24) is 10.6 Å². The zero-order valence-electron chi connectivity index (χ0n) is 8.64. The molecule has 0 bridgehead atoms. The van der Waals surface area contributed by atoms with E-state index in [1.54, 1.807) is 18.8 Å². The molecule has 0 aromatic rings. The van der Waals surface area contributed by atoms with E-state index < -0.39 is 0 Å². The number of thioether (sulfide) groups is 1. The molecule has 0 rings (SSSR count). The van der Waals surface area contributed by atoms with Gasteiger partial charge in [0.1, 0.15) is 0 Å². The van der Waals surface area contributed by atoms with Crippen molar-refractivity contribution in [2.45, 2.75) is 12.8 Å². The minimum atomic E-state index is 0.105. The monoisotopic (exact) mass is 214 g/mol. The summed E-state index contributed by atoms with van der Waals surface area (Å²) in [6.45, 7) is 1.85. The van der Waals surface area contributed by atoms with Crippen LogP contribution in [-0.4, -0.2) is 37.6 Å². The van der Waals surface area contributed by atoms with Crippen molar-refractivity contribution < 1.29 is 4.79 Å². The van der Waals surface area contributed by atoms with Crippen molar-refractivity contribution in [2.24, 2.45) is 0 Å². The summed E-state index contributed by atoms with van der Waals surface area (Å²) in [6, 6.07) is 0. The van der Waals surface area contributed by atoms with E-state index in [0.717, 1.165) is 31.0 Å². The van der Waals surface area contributed by atoms with Crippen LogP contribution in [0.1, 0.15) is 12.8 Å². The van der Waals surface area contributed by atoms with E-state index in [4.69, 9.17) is 6.42 Å². The molecule has 0 spiro atoms. The van der Waals surface area contributed by atoms with E-state index in [1.165, 1.54) is 0 Å². The summed E-state index contributed by atoms with van der Waals surface area (Å²) >= 11 is 1.74. The van der Waals surface area contributed by atoms with Gasteiger partial charge in [-0.1, -0.05) is 5.92 Å². The molecule has 3 nitrogen and oxygen atoms in total. The molecule has 0 aromatic heterocycles. The summed E-state index contributed by atoms with van der Waals surface area (Å²) in [7, 11) is 1.66. The SMILES string of the molecule is C#CCSCCNCCCC(=O)NC. The molecule has 0 heterocycles. The highest BCUT2D eigenvalue weighted by atomic mass is 32.2. The van der Waals surface area contributed by atoms with Crippen molar-refractivity contribution in [2.75, 3.05) is 31.6 Å². The Morgan fingerprint density at radius 1 is 1.50 bits per heavy atom. The maximum absolute atomic E-state index is 10.8. The van der Waals surface area contributed by atoms with Crippen molar-refractivity contribution in [3.05, 3.63) is 0 Å². The topological polar surface area (TPSA) is 41.1 Å². The molecule has 0 unspecified atom stereocenters. The number of terminal acetylenes is 1. The predicted octanol–water partition coefficient (Wildman–Crippen LogP) is 0.469. The van der Waals surface area contributed by atoms with Crippen LogP contribution in [-0.2, 0) is 4.79 Å². The Balaban J connectivity index is 3.00. The van der Waals surface area contributed by atoms with Gasteiger partial charge in [0.15, 0.2) is 0 Å². The Hall–Kier alpha value is -0.660. The largest absolute Gasteiger partial charge is 0.359 e. The maximum Gasteiger partial charge on any atom is 0.219 e. The number of hydrogen-bond donors (Lipinski definition) is 2. The Morgan fingerprint density at radius 3 is 2.93 bits per heavy atom. The molecule has 0 radical (unpaired) electrons. The molecular formula is C10H18N2OS. The Morgan fingerprint density at radius 2 is 2.29 bits per heavy atom. The van der Waals surface area contributed by atoms with Crippen LogP contribution in [0.15, 0.2) is 0 Å². The third-order valence-corrected chi connectivity index (χ3v) is 2.51. The summed E-state index contributed by atoms with van der Waals surface area (Å²) in [5.41, 5.74) is 0. The summed E-state index contributed by atoms with van der Waals surface area (Å²) in [5.74, 6) is 4.49. The summed E-state index contributed by atoms with van der Waals surface area (Å²) in [6.07, 6.45) is 6.59. The Bertz CT molecular complexity index is 189. The van der Waals surface area contributed by atoms with Gasteiger partial charge in [0.25, 0.3) is 0 Å². The molecule has 1 amide bonds. The molecule has 0 aliphatic rings. The highest BCUT2D eigenvalue weighted by Gasteiger charge is 1.95. The van der Waals surface area contributed by atoms with Crippen LogP contribution in [0.2, 0.25) is 0 Å². The molecular weight excluding hydrogens is 196 g/mol. The molecule has 0 aliphatic carbocycles. The first kappa shape index (κ1) is 13.3. The molecule has 14 heavy (non-hydrogen) atoms. The van der Waals surface area contributed by atoms with Gasteiger partial charge in [-0.2, -0.15) is 0 Å². The van der Waals surface area contributed by atoms with Crippen molar-refractivity contribution in [3.63, 3.8) is 0 Å². The fourth-order valence-electron chi connectivity index (χ4n) is 0.899. The lowest BCUT2D eigenvalue weighted by Crippen LogP contribution is -2.22. The smallest absolute Gasteiger partial charge is 0.219 e. The Labute approximate surface area is 90.4 Å². The van der Waals surface area contributed by atoms with E-state index in [-0.39, 0.29) is 5.91 Å². The number of hydrogen-bond acceptors (Lipinski definition) is 3.